The second-order valence-electron chi connectivity index (χ2n) is 7.81. The first-order valence-electron chi connectivity index (χ1n) is 10.9. The van der Waals surface area contributed by atoms with Gasteiger partial charge in [-0.3, -0.25) is 4.79 Å². The van der Waals surface area contributed by atoms with Crippen molar-refractivity contribution >= 4 is 11.6 Å². The molecule has 28 heavy (non-hydrogen) atoms. The van der Waals surface area contributed by atoms with E-state index in [1.54, 1.807) is 0 Å². The first-order valence-corrected chi connectivity index (χ1v) is 10.9. The van der Waals surface area contributed by atoms with Crippen LogP contribution in [0.5, 0.6) is 0 Å². The van der Waals surface area contributed by atoms with Crippen molar-refractivity contribution in [1.82, 2.24) is 0 Å². The third kappa shape index (κ3) is 4.73. The van der Waals surface area contributed by atoms with Crippen LogP contribution in [0.2, 0.25) is 0 Å². The van der Waals surface area contributed by atoms with E-state index in [0.717, 1.165) is 25.1 Å². The van der Waals surface area contributed by atoms with Crippen molar-refractivity contribution in [1.29, 1.82) is 0 Å². The third-order valence-electron chi connectivity index (χ3n) is 5.79. The van der Waals surface area contributed by atoms with E-state index in [1.165, 1.54) is 73.3 Å². The van der Waals surface area contributed by atoms with Crippen LogP contribution < -0.4 is 4.90 Å². The fraction of sp³-hybridized carbons (Fsp3) is 0.423. The average molecular weight is 376 g/mol. The Hall–Kier alpha value is -2.35. The van der Waals surface area contributed by atoms with Crippen molar-refractivity contribution in [2.24, 2.45) is 0 Å². The molecule has 0 N–H and O–H groups in total. The first kappa shape index (κ1) is 20.4. The molecule has 0 aromatic heterocycles. The highest BCUT2D eigenvalue weighted by molar-refractivity contribution is 6.02. The van der Waals surface area contributed by atoms with E-state index in [0.29, 0.717) is 0 Å². The van der Waals surface area contributed by atoms with Crippen molar-refractivity contribution in [3.63, 3.8) is 0 Å². The zero-order valence-electron chi connectivity index (χ0n) is 17.3. The molecular formula is C26H33NO. The Bertz CT molecular complexity index is 808. The lowest BCUT2D eigenvalue weighted by molar-refractivity contribution is -0.114. The Morgan fingerprint density at radius 2 is 1.61 bits per heavy atom. The van der Waals surface area contributed by atoms with Crippen LogP contribution in [0.4, 0.5) is 5.69 Å². The van der Waals surface area contributed by atoms with Crippen molar-refractivity contribution in [2.45, 2.75) is 64.7 Å². The molecular weight excluding hydrogens is 342 g/mol. The number of hydrogen-bond acceptors (Lipinski definition) is 1. The average Bonchev–Trinajstić information content (AvgIpc) is 3.11. The van der Waals surface area contributed by atoms with Gasteiger partial charge in [-0.15, -0.1) is 0 Å². The molecule has 0 saturated heterocycles. The third-order valence-corrected chi connectivity index (χ3v) is 5.79. The number of nitrogens with zero attached hydrogens (tertiary/aromatic N) is 1. The van der Waals surface area contributed by atoms with E-state index >= 15 is 0 Å². The number of carbonyl (C=O) groups excluding carboxylic acids is 1. The zero-order valence-corrected chi connectivity index (χ0v) is 17.3. The van der Waals surface area contributed by atoms with Gasteiger partial charge in [-0.1, -0.05) is 94.8 Å². The summed E-state index contributed by atoms with van der Waals surface area (Å²) in [6, 6.07) is 14.9. The van der Waals surface area contributed by atoms with Crippen LogP contribution in [0, 0.1) is 0 Å². The van der Waals surface area contributed by atoms with E-state index in [2.05, 4.69) is 56.0 Å². The summed E-state index contributed by atoms with van der Waals surface area (Å²) in [6.07, 6.45) is 12.5. The van der Waals surface area contributed by atoms with Crippen LogP contribution >= 0.6 is 0 Å². The lowest BCUT2D eigenvalue weighted by Crippen LogP contribution is -2.31. The standard InChI is InChI=1S/C26H33NO/c1-3-5-6-7-8-9-10-13-19-27(26(28)4-2)25-18-14-17-23-22-16-12-11-15-21(22)20-24(23)25/h4,11-12,14-18H,2-3,5-10,13,19-20H2,1H3. The summed E-state index contributed by atoms with van der Waals surface area (Å²) >= 11 is 0. The smallest absolute Gasteiger partial charge is 0.250 e. The normalized spacial score (nSPS) is 11.8. The maximum absolute atomic E-state index is 12.6. The topological polar surface area (TPSA) is 20.3 Å². The van der Waals surface area contributed by atoms with Crippen molar-refractivity contribution in [3.05, 3.63) is 66.2 Å². The number of amides is 1. The van der Waals surface area contributed by atoms with Gasteiger partial charge in [-0.05, 0) is 40.8 Å². The Kier molecular flexibility index (Phi) is 7.47. The molecule has 2 aromatic carbocycles. The summed E-state index contributed by atoms with van der Waals surface area (Å²) in [5.74, 6) is 0.00676. The van der Waals surface area contributed by atoms with Gasteiger partial charge >= 0.3 is 0 Å². The van der Waals surface area contributed by atoms with E-state index in [4.69, 9.17) is 0 Å². The molecule has 0 spiro atoms. The molecule has 1 aliphatic carbocycles. The summed E-state index contributed by atoms with van der Waals surface area (Å²) in [7, 11) is 0. The number of hydrogen-bond donors (Lipinski definition) is 0. The van der Waals surface area contributed by atoms with Crippen LogP contribution in [0.25, 0.3) is 11.1 Å². The maximum Gasteiger partial charge on any atom is 0.250 e. The number of carbonyl (C=O) groups is 1. The van der Waals surface area contributed by atoms with Crippen molar-refractivity contribution in [2.75, 3.05) is 11.4 Å². The molecule has 2 nitrogen and oxygen atoms in total. The van der Waals surface area contributed by atoms with Gasteiger partial charge in [0.15, 0.2) is 0 Å². The lowest BCUT2D eigenvalue weighted by atomic mass is 10.0. The number of unbranched alkanes of at least 4 members (excludes halogenated alkanes) is 7. The van der Waals surface area contributed by atoms with E-state index in [9.17, 15) is 4.79 Å². The maximum atomic E-state index is 12.6. The molecule has 0 bridgehead atoms. The predicted molar refractivity (Wildman–Crippen MR) is 120 cm³/mol. The Morgan fingerprint density at radius 3 is 2.36 bits per heavy atom. The minimum atomic E-state index is 0.00676. The number of fused-ring (bicyclic) bond motifs is 3. The van der Waals surface area contributed by atoms with Crippen molar-refractivity contribution < 1.29 is 4.79 Å². The van der Waals surface area contributed by atoms with Gasteiger partial charge in [-0.25, -0.2) is 0 Å². The molecule has 0 fully saturated rings. The molecule has 148 valence electrons. The Balaban J connectivity index is 1.65. The molecule has 2 aromatic rings. The molecule has 1 aliphatic rings. The quantitative estimate of drug-likeness (QED) is 0.263. The van der Waals surface area contributed by atoms with Crippen molar-refractivity contribution in [3.8, 4) is 11.1 Å². The van der Waals surface area contributed by atoms with Crippen LogP contribution in [0.3, 0.4) is 0 Å². The number of anilines is 1. The van der Waals surface area contributed by atoms with Crippen LogP contribution in [-0.2, 0) is 11.2 Å². The molecule has 0 heterocycles. The minimum absolute atomic E-state index is 0.00676. The molecule has 0 unspecified atom stereocenters. The van der Waals surface area contributed by atoms with Gasteiger partial charge in [0.1, 0.15) is 0 Å². The number of rotatable bonds is 11. The van der Waals surface area contributed by atoms with E-state index in [1.807, 2.05) is 4.90 Å². The largest absolute Gasteiger partial charge is 0.309 e. The fourth-order valence-corrected chi connectivity index (χ4v) is 4.26. The highest BCUT2D eigenvalue weighted by atomic mass is 16.2. The summed E-state index contributed by atoms with van der Waals surface area (Å²) in [5, 5.41) is 0. The fourth-order valence-electron chi connectivity index (χ4n) is 4.26. The molecule has 0 aliphatic heterocycles. The lowest BCUT2D eigenvalue weighted by Gasteiger charge is -2.24. The van der Waals surface area contributed by atoms with Gasteiger partial charge in [0, 0.05) is 18.7 Å². The zero-order chi connectivity index (χ0) is 19.8. The highest BCUT2D eigenvalue weighted by Gasteiger charge is 2.24. The van der Waals surface area contributed by atoms with Gasteiger partial charge in [0.25, 0.3) is 0 Å². The van der Waals surface area contributed by atoms with Gasteiger partial charge in [-0.2, -0.15) is 0 Å². The molecule has 1 amide bonds. The summed E-state index contributed by atoms with van der Waals surface area (Å²) in [6.45, 7) is 6.76. The Labute approximate surface area is 170 Å². The van der Waals surface area contributed by atoms with Gasteiger partial charge < -0.3 is 4.90 Å². The van der Waals surface area contributed by atoms with Gasteiger partial charge in [0.05, 0.1) is 0 Å². The number of benzene rings is 2. The molecule has 3 rings (SSSR count). The summed E-state index contributed by atoms with van der Waals surface area (Å²) in [5.41, 5.74) is 6.26. The molecule has 0 atom stereocenters. The second-order valence-corrected chi connectivity index (χ2v) is 7.81. The van der Waals surface area contributed by atoms with Gasteiger partial charge in [0.2, 0.25) is 5.91 Å². The SMILES string of the molecule is C=CC(=O)N(CCCCCCCCCC)c1cccc2c1Cc1ccccc1-2. The van der Waals surface area contributed by atoms with E-state index < -0.39 is 0 Å². The summed E-state index contributed by atoms with van der Waals surface area (Å²) in [4.78, 5) is 14.6. The monoisotopic (exact) mass is 375 g/mol. The Morgan fingerprint density at radius 1 is 0.929 bits per heavy atom. The summed E-state index contributed by atoms with van der Waals surface area (Å²) < 4.78 is 0. The minimum Gasteiger partial charge on any atom is -0.309 e. The van der Waals surface area contributed by atoms with Crippen LogP contribution in [0.15, 0.2) is 55.1 Å². The second kappa shape index (κ2) is 10.3. The van der Waals surface area contributed by atoms with E-state index in [-0.39, 0.29) is 5.91 Å². The highest BCUT2D eigenvalue weighted by Crippen LogP contribution is 2.41. The molecule has 0 saturated carbocycles. The first-order chi connectivity index (χ1) is 13.8. The molecule has 2 heteroatoms. The molecule has 0 radical (unpaired) electrons. The predicted octanol–water partition coefficient (Wildman–Crippen LogP) is 6.92. The van der Waals surface area contributed by atoms with Crippen LogP contribution in [-0.4, -0.2) is 12.5 Å². The van der Waals surface area contributed by atoms with Crippen LogP contribution in [0.1, 0.15) is 69.4 Å².